The number of benzene rings is 1. The van der Waals surface area contributed by atoms with E-state index in [0.29, 0.717) is 18.5 Å². The summed E-state index contributed by atoms with van der Waals surface area (Å²) in [5.41, 5.74) is 1.38. The van der Waals surface area contributed by atoms with Crippen LogP contribution in [0, 0.1) is 5.92 Å². The molecule has 0 aliphatic rings. The molecule has 0 saturated carbocycles. The molecule has 3 N–H and O–H groups in total. The standard InChI is InChI=1S/C16H22N2O3S/c1-11(16(20)21)8-13(9-12-6-4-3-5-7-12)18-15(19)14(10-22)17-2/h3-7,10-11,13,17,22H,8-9H2,1-2H3,(H,18,19)(H,20,21)/b14-10-/t11-,13+/m0/s1. The Morgan fingerprint density at radius 3 is 2.45 bits per heavy atom. The van der Waals surface area contributed by atoms with Crippen LogP contribution in [-0.2, 0) is 16.0 Å². The van der Waals surface area contributed by atoms with Gasteiger partial charge in [-0.3, -0.25) is 9.59 Å². The fraction of sp³-hybridized carbons (Fsp3) is 0.375. The molecule has 0 aliphatic carbocycles. The highest BCUT2D eigenvalue weighted by atomic mass is 32.1. The molecule has 0 spiro atoms. The summed E-state index contributed by atoms with van der Waals surface area (Å²) in [5.74, 6) is -1.70. The second-order valence-electron chi connectivity index (χ2n) is 5.13. The Kier molecular flexibility index (Phi) is 7.52. The van der Waals surface area contributed by atoms with Gasteiger partial charge in [-0.25, -0.2) is 0 Å². The van der Waals surface area contributed by atoms with Gasteiger partial charge in [-0.2, -0.15) is 0 Å². The second kappa shape index (κ2) is 9.15. The lowest BCUT2D eigenvalue weighted by molar-refractivity contribution is -0.141. The molecule has 0 saturated heterocycles. The molecule has 1 rings (SSSR count). The van der Waals surface area contributed by atoms with E-state index >= 15 is 0 Å². The molecule has 0 bridgehead atoms. The number of carboxylic acids is 1. The zero-order chi connectivity index (χ0) is 16.5. The van der Waals surface area contributed by atoms with Crippen molar-refractivity contribution in [2.45, 2.75) is 25.8 Å². The van der Waals surface area contributed by atoms with E-state index < -0.39 is 11.9 Å². The van der Waals surface area contributed by atoms with Crippen LogP contribution in [-0.4, -0.2) is 30.1 Å². The summed E-state index contributed by atoms with van der Waals surface area (Å²) in [7, 11) is 1.63. The van der Waals surface area contributed by atoms with Crippen molar-refractivity contribution in [2.24, 2.45) is 5.92 Å². The van der Waals surface area contributed by atoms with Gasteiger partial charge in [0, 0.05) is 13.1 Å². The molecule has 6 heteroatoms. The van der Waals surface area contributed by atoms with E-state index in [0.717, 1.165) is 5.56 Å². The quantitative estimate of drug-likeness (QED) is 0.435. The summed E-state index contributed by atoms with van der Waals surface area (Å²) in [4.78, 5) is 23.2. The number of aliphatic carboxylic acids is 1. The molecule has 5 nitrogen and oxygen atoms in total. The van der Waals surface area contributed by atoms with Crippen LogP contribution in [0.5, 0.6) is 0 Å². The SMILES string of the molecule is CN/C(=C\S)C(=O)N[C@@H](Cc1ccccc1)C[C@H](C)C(=O)O. The van der Waals surface area contributed by atoms with Crippen LogP contribution in [0.1, 0.15) is 18.9 Å². The molecule has 1 aromatic rings. The van der Waals surface area contributed by atoms with Crippen molar-refractivity contribution in [3.63, 3.8) is 0 Å². The number of hydrogen-bond acceptors (Lipinski definition) is 4. The average molecular weight is 322 g/mol. The highest BCUT2D eigenvalue weighted by Crippen LogP contribution is 2.12. The molecule has 2 atom stereocenters. The molecule has 1 amide bonds. The fourth-order valence-electron chi connectivity index (χ4n) is 2.12. The number of hydrogen-bond donors (Lipinski definition) is 4. The largest absolute Gasteiger partial charge is 0.481 e. The summed E-state index contributed by atoms with van der Waals surface area (Å²) < 4.78 is 0. The fourth-order valence-corrected chi connectivity index (χ4v) is 2.37. The summed E-state index contributed by atoms with van der Waals surface area (Å²) in [6.45, 7) is 1.64. The van der Waals surface area contributed by atoms with Gasteiger partial charge in [0.1, 0.15) is 5.70 Å². The van der Waals surface area contributed by atoms with Crippen LogP contribution >= 0.6 is 12.6 Å². The van der Waals surface area contributed by atoms with Crippen LogP contribution in [0.2, 0.25) is 0 Å². The van der Waals surface area contributed by atoms with Crippen molar-refractivity contribution in [2.75, 3.05) is 7.05 Å². The van der Waals surface area contributed by atoms with Gasteiger partial charge < -0.3 is 15.7 Å². The van der Waals surface area contributed by atoms with Crippen molar-refractivity contribution in [3.8, 4) is 0 Å². The third-order valence-electron chi connectivity index (χ3n) is 3.36. The monoisotopic (exact) mass is 322 g/mol. The predicted molar refractivity (Wildman–Crippen MR) is 89.6 cm³/mol. The molecule has 0 heterocycles. The second-order valence-corrected chi connectivity index (χ2v) is 5.39. The van der Waals surface area contributed by atoms with Gasteiger partial charge in [-0.05, 0) is 23.8 Å². The third kappa shape index (κ3) is 5.81. The maximum Gasteiger partial charge on any atom is 0.306 e. The van der Waals surface area contributed by atoms with Crippen LogP contribution < -0.4 is 10.6 Å². The van der Waals surface area contributed by atoms with E-state index in [4.69, 9.17) is 5.11 Å². The minimum Gasteiger partial charge on any atom is -0.481 e. The lowest BCUT2D eigenvalue weighted by atomic mass is 9.96. The van der Waals surface area contributed by atoms with Crippen molar-refractivity contribution in [3.05, 3.63) is 47.0 Å². The van der Waals surface area contributed by atoms with E-state index in [2.05, 4.69) is 23.3 Å². The van der Waals surface area contributed by atoms with E-state index in [1.807, 2.05) is 30.3 Å². The minimum atomic E-state index is -0.870. The summed E-state index contributed by atoms with van der Waals surface area (Å²) in [6.07, 6.45) is 0.938. The molecular weight excluding hydrogens is 300 g/mol. The van der Waals surface area contributed by atoms with E-state index in [1.54, 1.807) is 14.0 Å². The molecule has 22 heavy (non-hydrogen) atoms. The highest BCUT2D eigenvalue weighted by Gasteiger charge is 2.21. The van der Waals surface area contributed by atoms with E-state index in [9.17, 15) is 9.59 Å². The lowest BCUT2D eigenvalue weighted by Gasteiger charge is -2.21. The van der Waals surface area contributed by atoms with Crippen LogP contribution in [0.3, 0.4) is 0 Å². The zero-order valence-electron chi connectivity index (χ0n) is 12.7. The van der Waals surface area contributed by atoms with Gasteiger partial charge in [0.25, 0.3) is 5.91 Å². The van der Waals surface area contributed by atoms with Crippen molar-refractivity contribution >= 4 is 24.5 Å². The van der Waals surface area contributed by atoms with Crippen LogP contribution in [0.15, 0.2) is 41.4 Å². The van der Waals surface area contributed by atoms with Crippen molar-refractivity contribution < 1.29 is 14.7 Å². The van der Waals surface area contributed by atoms with Gasteiger partial charge in [-0.15, -0.1) is 12.6 Å². The minimum absolute atomic E-state index is 0.266. The van der Waals surface area contributed by atoms with Crippen LogP contribution in [0.25, 0.3) is 0 Å². The highest BCUT2D eigenvalue weighted by molar-refractivity contribution is 7.83. The van der Waals surface area contributed by atoms with Gasteiger partial charge in [0.15, 0.2) is 0 Å². The number of likely N-dealkylation sites (N-methyl/N-ethyl adjacent to an activating group) is 1. The molecular formula is C16H22N2O3S. The van der Waals surface area contributed by atoms with Crippen molar-refractivity contribution in [1.29, 1.82) is 0 Å². The molecule has 1 aromatic carbocycles. The van der Waals surface area contributed by atoms with Gasteiger partial charge in [0.2, 0.25) is 0 Å². The van der Waals surface area contributed by atoms with Gasteiger partial charge >= 0.3 is 5.97 Å². The number of thiol groups is 1. The first-order valence-corrected chi connectivity index (χ1v) is 7.59. The third-order valence-corrected chi connectivity index (χ3v) is 3.62. The van der Waals surface area contributed by atoms with E-state index in [1.165, 1.54) is 5.41 Å². The molecule has 0 radical (unpaired) electrons. The predicted octanol–water partition coefficient (Wildman–Crippen LogP) is 1.82. The van der Waals surface area contributed by atoms with Gasteiger partial charge in [-0.1, -0.05) is 37.3 Å². The maximum atomic E-state index is 12.1. The summed E-state index contributed by atoms with van der Waals surface area (Å²) in [6, 6.07) is 9.40. The molecule has 0 unspecified atom stereocenters. The Bertz CT molecular complexity index is 531. The molecule has 120 valence electrons. The average Bonchev–Trinajstić information content (AvgIpc) is 2.49. The maximum absolute atomic E-state index is 12.1. The Hall–Kier alpha value is -1.95. The zero-order valence-corrected chi connectivity index (χ0v) is 13.6. The summed E-state index contributed by atoms with van der Waals surface area (Å²) >= 11 is 3.98. The first kappa shape index (κ1) is 18.1. The topological polar surface area (TPSA) is 78.4 Å². The smallest absolute Gasteiger partial charge is 0.306 e. The summed E-state index contributed by atoms with van der Waals surface area (Å²) in [5, 5.41) is 16.1. The Balaban J connectivity index is 2.82. The number of rotatable bonds is 8. The van der Waals surface area contributed by atoms with Crippen molar-refractivity contribution in [1.82, 2.24) is 10.6 Å². The first-order valence-electron chi connectivity index (χ1n) is 7.07. The Morgan fingerprint density at radius 2 is 1.95 bits per heavy atom. The van der Waals surface area contributed by atoms with E-state index in [-0.39, 0.29) is 11.9 Å². The molecule has 0 fully saturated rings. The number of amides is 1. The first-order chi connectivity index (χ1) is 10.5. The van der Waals surface area contributed by atoms with Gasteiger partial charge in [0.05, 0.1) is 5.92 Å². The molecule has 0 aliphatic heterocycles. The number of carbonyl (C=O) groups is 2. The number of carboxylic acid groups (broad SMARTS) is 1. The lowest BCUT2D eigenvalue weighted by Crippen LogP contribution is -2.41. The number of nitrogens with one attached hydrogen (secondary N) is 2. The molecule has 0 aromatic heterocycles. The Morgan fingerprint density at radius 1 is 1.32 bits per heavy atom. The normalized spacial score (nSPS) is 14.0. The number of carbonyl (C=O) groups excluding carboxylic acids is 1. The Labute approximate surface area is 136 Å². The van der Waals surface area contributed by atoms with Crippen LogP contribution in [0.4, 0.5) is 0 Å².